The van der Waals surface area contributed by atoms with Gasteiger partial charge in [0.2, 0.25) is 0 Å². The van der Waals surface area contributed by atoms with E-state index in [2.05, 4.69) is 4.98 Å². The van der Waals surface area contributed by atoms with E-state index in [4.69, 9.17) is 11.6 Å². The van der Waals surface area contributed by atoms with Crippen LogP contribution in [0, 0.1) is 11.7 Å². The van der Waals surface area contributed by atoms with Crippen LogP contribution in [0.3, 0.4) is 0 Å². The molecule has 1 aliphatic rings. The summed E-state index contributed by atoms with van der Waals surface area (Å²) in [6.07, 6.45) is 4.58. The monoisotopic (exact) mass is 270 g/mol. The largest absolute Gasteiger partial charge is 0.339 e. The lowest BCUT2D eigenvalue weighted by Crippen LogP contribution is -2.37. The fraction of sp³-hybridized carbons (Fsp3) is 0.538. The maximum absolute atomic E-state index is 13.1. The van der Waals surface area contributed by atoms with E-state index in [-0.39, 0.29) is 16.6 Å². The van der Waals surface area contributed by atoms with Crippen LogP contribution in [0.1, 0.15) is 36.5 Å². The summed E-state index contributed by atoms with van der Waals surface area (Å²) in [5.74, 6) is -0.196. The van der Waals surface area contributed by atoms with Crippen LogP contribution in [0.15, 0.2) is 12.3 Å². The van der Waals surface area contributed by atoms with Crippen molar-refractivity contribution in [1.29, 1.82) is 0 Å². The summed E-state index contributed by atoms with van der Waals surface area (Å²) in [6.45, 7) is 3.24. The predicted octanol–water partition coefficient (Wildman–Crippen LogP) is 3.14. The van der Waals surface area contributed by atoms with Gasteiger partial charge in [0.25, 0.3) is 5.91 Å². The highest BCUT2D eigenvalue weighted by Gasteiger charge is 2.25. The molecule has 2 rings (SSSR count). The molecule has 1 aliphatic carbocycles. The molecule has 1 aromatic heterocycles. The number of carbonyl (C=O) groups excluding carboxylic acids is 1. The Morgan fingerprint density at radius 2 is 2.33 bits per heavy atom. The van der Waals surface area contributed by atoms with E-state index < -0.39 is 5.82 Å². The summed E-state index contributed by atoms with van der Waals surface area (Å²) < 4.78 is 13.1. The Labute approximate surface area is 111 Å². The predicted molar refractivity (Wildman–Crippen MR) is 68.1 cm³/mol. The molecule has 0 radical (unpaired) electrons. The van der Waals surface area contributed by atoms with Gasteiger partial charge < -0.3 is 4.90 Å². The van der Waals surface area contributed by atoms with Gasteiger partial charge >= 0.3 is 0 Å². The molecule has 0 aliphatic heterocycles. The average Bonchev–Trinajstić information content (AvgIpc) is 2.30. The SMILES string of the molecule is CCN(CC1CCC1)C(=O)c1cc(F)cnc1Cl. The molecule has 1 fully saturated rings. The third-order valence-corrected chi connectivity index (χ3v) is 3.71. The Bertz CT molecular complexity index is 449. The van der Waals surface area contributed by atoms with Crippen molar-refractivity contribution < 1.29 is 9.18 Å². The quantitative estimate of drug-likeness (QED) is 0.788. The van der Waals surface area contributed by atoms with Gasteiger partial charge in [-0.05, 0) is 31.7 Å². The summed E-state index contributed by atoms with van der Waals surface area (Å²) in [5, 5.41) is 0.0634. The number of pyridine rings is 1. The molecule has 0 unspecified atom stereocenters. The first-order valence-corrected chi connectivity index (χ1v) is 6.60. The zero-order valence-electron chi connectivity index (χ0n) is 10.3. The molecule has 5 heteroatoms. The van der Waals surface area contributed by atoms with Crippen LogP contribution in [0.4, 0.5) is 4.39 Å². The van der Waals surface area contributed by atoms with Crippen LogP contribution in [-0.4, -0.2) is 28.9 Å². The van der Waals surface area contributed by atoms with Crippen LogP contribution in [0.5, 0.6) is 0 Å². The first kappa shape index (κ1) is 13.3. The Balaban J connectivity index is 2.14. The summed E-state index contributed by atoms with van der Waals surface area (Å²) in [5.41, 5.74) is 0.151. The first-order chi connectivity index (χ1) is 8.61. The molecule has 98 valence electrons. The van der Waals surface area contributed by atoms with Crippen molar-refractivity contribution >= 4 is 17.5 Å². The number of rotatable bonds is 4. The summed E-state index contributed by atoms with van der Waals surface area (Å²) in [4.78, 5) is 17.6. The van der Waals surface area contributed by atoms with E-state index in [1.165, 1.54) is 19.3 Å². The molecule has 1 saturated carbocycles. The molecule has 0 N–H and O–H groups in total. The summed E-state index contributed by atoms with van der Waals surface area (Å²) in [7, 11) is 0. The average molecular weight is 271 g/mol. The van der Waals surface area contributed by atoms with Crippen molar-refractivity contribution in [2.45, 2.75) is 26.2 Å². The second-order valence-electron chi connectivity index (χ2n) is 4.63. The molecule has 0 aromatic carbocycles. The first-order valence-electron chi connectivity index (χ1n) is 6.22. The minimum atomic E-state index is -0.539. The lowest BCUT2D eigenvalue weighted by Gasteiger charge is -2.31. The van der Waals surface area contributed by atoms with Crippen molar-refractivity contribution in [3.8, 4) is 0 Å². The maximum atomic E-state index is 13.1. The van der Waals surface area contributed by atoms with Gasteiger partial charge in [0.05, 0.1) is 11.8 Å². The van der Waals surface area contributed by atoms with Gasteiger partial charge in [0, 0.05) is 13.1 Å². The van der Waals surface area contributed by atoms with E-state index in [9.17, 15) is 9.18 Å². The molecule has 1 aromatic rings. The molecular weight excluding hydrogens is 255 g/mol. The number of hydrogen-bond donors (Lipinski definition) is 0. The van der Waals surface area contributed by atoms with Crippen LogP contribution in [-0.2, 0) is 0 Å². The lowest BCUT2D eigenvalue weighted by molar-refractivity contribution is 0.0705. The smallest absolute Gasteiger partial charge is 0.257 e. The van der Waals surface area contributed by atoms with Gasteiger partial charge in [-0.15, -0.1) is 0 Å². The van der Waals surface area contributed by atoms with Crippen molar-refractivity contribution in [2.24, 2.45) is 5.92 Å². The Hall–Kier alpha value is -1.16. The van der Waals surface area contributed by atoms with Gasteiger partial charge in [0.15, 0.2) is 0 Å². The highest BCUT2D eigenvalue weighted by Crippen LogP contribution is 2.28. The van der Waals surface area contributed by atoms with Crippen molar-refractivity contribution in [3.63, 3.8) is 0 Å². The van der Waals surface area contributed by atoms with Gasteiger partial charge in [-0.1, -0.05) is 18.0 Å². The molecule has 1 amide bonds. The molecule has 3 nitrogen and oxygen atoms in total. The van der Waals surface area contributed by atoms with Gasteiger partial charge in [0.1, 0.15) is 11.0 Å². The van der Waals surface area contributed by atoms with Crippen LogP contribution < -0.4 is 0 Å². The van der Waals surface area contributed by atoms with Gasteiger partial charge in [-0.25, -0.2) is 9.37 Å². The minimum absolute atomic E-state index is 0.0634. The normalized spacial score (nSPS) is 15.3. The van der Waals surface area contributed by atoms with Crippen LogP contribution in [0.2, 0.25) is 5.15 Å². The standard InChI is InChI=1S/C13H16ClFN2O/c1-2-17(8-9-4-3-5-9)13(18)11-6-10(15)7-16-12(11)14/h6-7,9H,2-5,8H2,1H3. The van der Waals surface area contributed by atoms with E-state index in [1.54, 1.807) is 4.90 Å². The molecule has 0 bridgehead atoms. The minimum Gasteiger partial charge on any atom is -0.339 e. The topological polar surface area (TPSA) is 33.2 Å². The zero-order valence-corrected chi connectivity index (χ0v) is 11.1. The molecule has 0 spiro atoms. The number of nitrogens with zero attached hydrogens (tertiary/aromatic N) is 2. The molecule has 1 heterocycles. The van der Waals surface area contributed by atoms with Crippen molar-refractivity contribution in [1.82, 2.24) is 9.88 Å². The Morgan fingerprint density at radius 3 is 2.89 bits per heavy atom. The molecule has 18 heavy (non-hydrogen) atoms. The van der Waals surface area contributed by atoms with Crippen LogP contribution >= 0.6 is 11.6 Å². The molecular formula is C13H16ClFN2O. The summed E-state index contributed by atoms with van der Waals surface area (Å²) >= 11 is 5.85. The number of hydrogen-bond acceptors (Lipinski definition) is 2. The van der Waals surface area contributed by atoms with E-state index in [0.717, 1.165) is 18.8 Å². The van der Waals surface area contributed by atoms with Crippen molar-refractivity contribution in [2.75, 3.05) is 13.1 Å². The summed E-state index contributed by atoms with van der Waals surface area (Å²) in [6, 6.07) is 1.15. The maximum Gasteiger partial charge on any atom is 0.257 e. The number of halogens is 2. The third kappa shape index (κ3) is 2.80. The van der Waals surface area contributed by atoms with E-state index in [1.807, 2.05) is 6.92 Å². The number of amides is 1. The Kier molecular flexibility index (Phi) is 4.17. The number of carbonyl (C=O) groups is 1. The van der Waals surface area contributed by atoms with Gasteiger partial charge in [-0.3, -0.25) is 4.79 Å². The lowest BCUT2D eigenvalue weighted by atomic mass is 9.85. The van der Waals surface area contributed by atoms with Crippen LogP contribution in [0.25, 0.3) is 0 Å². The van der Waals surface area contributed by atoms with Crippen molar-refractivity contribution in [3.05, 3.63) is 28.8 Å². The third-order valence-electron chi connectivity index (χ3n) is 3.41. The molecule has 0 atom stereocenters. The fourth-order valence-corrected chi connectivity index (χ4v) is 2.27. The van der Waals surface area contributed by atoms with E-state index in [0.29, 0.717) is 12.5 Å². The highest BCUT2D eigenvalue weighted by atomic mass is 35.5. The van der Waals surface area contributed by atoms with Gasteiger partial charge in [-0.2, -0.15) is 0 Å². The van der Waals surface area contributed by atoms with E-state index >= 15 is 0 Å². The zero-order chi connectivity index (χ0) is 13.1. The highest BCUT2D eigenvalue weighted by molar-refractivity contribution is 6.32. The second kappa shape index (κ2) is 5.65. The number of aromatic nitrogens is 1. The fourth-order valence-electron chi connectivity index (χ4n) is 2.09. The second-order valence-corrected chi connectivity index (χ2v) is 4.99. The Morgan fingerprint density at radius 1 is 1.61 bits per heavy atom. The molecule has 0 saturated heterocycles.